The number of fused-ring (bicyclic) bond motifs is 2. The summed E-state index contributed by atoms with van der Waals surface area (Å²) in [7, 11) is 1.34. The lowest BCUT2D eigenvalue weighted by atomic mass is 10.0. The summed E-state index contributed by atoms with van der Waals surface area (Å²) >= 11 is 2.80. The fraction of sp³-hybridized carbons (Fsp3) is 0.133. The van der Waals surface area contributed by atoms with Crippen LogP contribution in [0.15, 0.2) is 93.3 Å². The highest BCUT2D eigenvalue weighted by molar-refractivity contribution is 7.10. The fourth-order valence-corrected chi connectivity index (χ4v) is 6.81. The van der Waals surface area contributed by atoms with Gasteiger partial charge in [-0.1, -0.05) is 47.7 Å². The first kappa shape index (κ1) is 24.8. The number of ether oxygens (including phenoxy) is 1. The van der Waals surface area contributed by atoms with Crippen LogP contribution in [0.3, 0.4) is 0 Å². The van der Waals surface area contributed by atoms with Crippen molar-refractivity contribution >= 4 is 45.6 Å². The van der Waals surface area contributed by atoms with Crippen molar-refractivity contribution in [2.24, 2.45) is 4.99 Å². The predicted molar refractivity (Wildman–Crippen MR) is 152 cm³/mol. The summed E-state index contributed by atoms with van der Waals surface area (Å²) in [5, 5.41) is 12.1. The van der Waals surface area contributed by atoms with E-state index in [4.69, 9.17) is 10.00 Å². The monoisotopic (exact) mass is 550 g/mol. The topological polar surface area (TPSA) is 89.4 Å². The highest BCUT2D eigenvalue weighted by Gasteiger charge is 2.33. The average molecular weight is 551 g/mol. The number of carbonyl (C=O) groups excluding carboxylic acids is 1. The van der Waals surface area contributed by atoms with Crippen LogP contribution < -0.4 is 14.9 Å². The number of rotatable bonds is 5. The summed E-state index contributed by atoms with van der Waals surface area (Å²) in [6, 6.07) is 21.0. The number of methoxy groups -OCH3 is 1. The second kappa shape index (κ2) is 9.98. The first-order valence-corrected chi connectivity index (χ1v) is 13.9. The molecule has 7 nitrogen and oxygen atoms in total. The van der Waals surface area contributed by atoms with E-state index in [9.17, 15) is 9.59 Å². The van der Waals surface area contributed by atoms with Gasteiger partial charge in [-0.15, -0.1) is 11.3 Å². The molecule has 1 unspecified atom stereocenters. The number of thiazole rings is 1. The van der Waals surface area contributed by atoms with Gasteiger partial charge < -0.3 is 9.30 Å². The molecule has 0 amide bonds. The lowest BCUT2D eigenvalue weighted by Crippen LogP contribution is -2.39. The molecule has 0 radical (unpaired) electrons. The zero-order chi connectivity index (χ0) is 27.1. The number of benzene rings is 2. The molecule has 0 fully saturated rings. The second-order valence-electron chi connectivity index (χ2n) is 9.13. The Hall–Kier alpha value is -4.52. The van der Waals surface area contributed by atoms with Gasteiger partial charge in [-0.2, -0.15) is 5.26 Å². The number of nitrogens with zero attached hydrogens (tertiary/aromatic N) is 4. The van der Waals surface area contributed by atoms with Crippen molar-refractivity contribution < 1.29 is 9.53 Å². The Kier molecular flexibility index (Phi) is 6.35. The molecule has 1 atom stereocenters. The van der Waals surface area contributed by atoms with Gasteiger partial charge in [0.25, 0.3) is 5.56 Å². The first-order valence-electron chi connectivity index (χ1n) is 12.2. The Bertz CT molecular complexity index is 1990. The SMILES string of the molecule is COC(=O)C1=C(C)N=c2sc(=Cc3cn(Cc4ccc(C#N)cc4)c4ccccc34)c(=O)n2C1c1cccs1. The number of hydrogen-bond donors (Lipinski definition) is 0. The van der Waals surface area contributed by atoms with E-state index in [0.717, 1.165) is 26.9 Å². The van der Waals surface area contributed by atoms with E-state index in [1.54, 1.807) is 11.5 Å². The minimum absolute atomic E-state index is 0.199. The molecule has 5 aromatic rings. The van der Waals surface area contributed by atoms with Crippen LogP contribution in [0.2, 0.25) is 0 Å². The largest absolute Gasteiger partial charge is 0.466 e. The van der Waals surface area contributed by atoms with Crippen LogP contribution in [0.1, 0.15) is 34.5 Å². The van der Waals surface area contributed by atoms with E-state index in [1.165, 1.54) is 29.8 Å². The molecule has 0 N–H and O–H groups in total. The van der Waals surface area contributed by atoms with Crippen molar-refractivity contribution in [1.82, 2.24) is 9.13 Å². The molecule has 0 spiro atoms. The van der Waals surface area contributed by atoms with E-state index in [0.29, 0.717) is 32.7 Å². The quantitative estimate of drug-likeness (QED) is 0.305. The highest BCUT2D eigenvalue weighted by atomic mass is 32.1. The molecule has 2 aromatic carbocycles. The summed E-state index contributed by atoms with van der Waals surface area (Å²) < 4.78 is 9.36. The van der Waals surface area contributed by atoms with E-state index in [2.05, 4.69) is 21.7 Å². The molecule has 3 aromatic heterocycles. The number of nitriles is 1. The van der Waals surface area contributed by atoms with Gasteiger partial charge in [0, 0.05) is 34.1 Å². The van der Waals surface area contributed by atoms with Crippen LogP contribution in [0, 0.1) is 11.3 Å². The van der Waals surface area contributed by atoms with Gasteiger partial charge in [-0.05, 0) is 48.2 Å². The molecule has 4 heterocycles. The number of para-hydroxylation sites is 1. The Balaban J connectivity index is 1.49. The number of hydrogen-bond acceptors (Lipinski definition) is 7. The molecule has 39 heavy (non-hydrogen) atoms. The maximum Gasteiger partial charge on any atom is 0.338 e. The number of allylic oxidation sites excluding steroid dienone is 1. The van der Waals surface area contributed by atoms with Crippen LogP contribution in [0.25, 0.3) is 17.0 Å². The van der Waals surface area contributed by atoms with E-state index in [-0.39, 0.29) is 5.56 Å². The van der Waals surface area contributed by atoms with Gasteiger partial charge in [0.05, 0.1) is 34.5 Å². The van der Waals surface area contributed by atoms with E-state index < -0.39 is 12.0 Å². The van der Waals surface area contributed by atoms with Gasteiger partial charge in [-0.3, -0.25) is 9.36 Å². The molecule has 1 aliphatic rings. The van der Waals surface area contributed by atoms with Crippen molar-refractivity contribution in [1.29, 1.82) is 5.26 Å². The second-order valence-corrected chi connectivity index (χ2v) is 11.1. The molecule has 9 heteroatoms. The summed E-state index contributed by atoms with van der Waals surface area (Å²) in [5.74, 6) is -0.491. The number of carbonyl (C=O) groups is 1. The van der Waals surface area contributed by atoms with Crippen LogP contribution in [0.4, 0.5) is 0 Å². The third kappa shape index (κ3) is 4.34. The zero-order valence-electron chi connectivity index (χ0n) is 21.1. The molecule has 0 saturated carbocycles. The normalized spacial score (nSPS) is 15.2. The standard InChI is InChI=1S/C30H22N4O3S2/c1-18-26(29(36)37-2)27(24-8-5-13-38-24)34-28(35)25(39-30(34)32-18)14-21-17-33(23-7-4-3-6-22(21)23)16-20-11-9-19(15-31)10-12-20/h3-14,17,27H,16H2,1-2H3. The fourth-order valence-electron chi connectivity index (χ4n) is 4.95. The first-order chi connectivity index (χ1) is 19.0. The summed E-state index contributed by atoms with van der Waals surface area (Å²) in [6.07, 6.45) is 3.95. The van der Waals surface area contributed by atoms with Crippen molar-refractivity contribution in [3.8, 4) is 6.07 Å². The Labute approximate surface area is 231 Å². The molecule has 1 aliphatic heterocycles. The molecule has 6 rings (SSSR count). The summed E-state index contributed by atoms with van der Waals surface area (Å²) in [5.41, 5.74) is 4.38. The third-order valence-electron chi connectivity index (χ3n) is 6.78. The highest BCUT2D eigenvalue weighted by Crippen LogP contribution is 2.33. The Morgan fingerprint density at radius 3 is 2.67 bits per heavy atom. The minimum atomic E-state index is -0.589. The zero-order valence-corrected chi connectivity index (χ0v) is 22.8. The molecule has 0 saturated heterocycles. The number of esters is 1. The summed E-state index contributed by atoms with van der Waals surface area (Å²) in [4.78, 5) is 32.7. The maximum atomic E-state index is 13.9. The Morgan fingerprint density at radius 2 is 1.95 bits per heavy atom. The van der Waals surface area contributed by atoms with Crippen molar-refractivity contribution in [3.05, 3.63) is 125 Å². The molecular weight excluding hydrogens is 528 g/mol. The van der Waals surface area contributed by atoms with Crippen LogP contribution >= 0.6 is 22.7 Å². The van der Waals surface area contributed by atoms with Gasteiger partial charge in [-0.25, -0.2) is 9.79 Å². The van der Waals surface area contributed by atoms with Crippen molar-refractivity contribution in [2.75, 3.05) is 7.11 Å². The van der Waals surface area contributed by atoms with Gasteiger partial charge in [0.2, 0.25) is 0 Å². The molecule has 0 aliphatic carbocycles. The molecule has 192 valence electrons. The third-order valence-corrected chi connectivity index (χ3v) is 8.69. The Morgan fingerprint density at radius 1 is 1.15 bits per heavy atom. The smallest absolute Gasteiger partial charge is 0.338 e. The van der Waals surface area contributed by atoms with Gasteiger partial charge >= 0.3 is 5.97 Å². The lowest BCUT2D eigenvalue weighted by Gasteiger charge is -2.22. The van der Waals surface area contributed by atoms with Gasteiger partial charge in [0.15, 0.2) is 4.80 Å². The van der Waals surface area contributed by atoms with Gasteiger partial charge in [0.1, 0.15) is 6.04 Å². The van der Waals surface area contributed by atoms with E-state index in [1.807, 2.05) is 72.3 Å². The van der Waals surface area contributed by atoms with Crippen LogP contribution in [0.5, 0.6) is 0 Å². The average Bonchev–Trinajstić information content (AvgIpc) is 3.68. The van der Waals surface area contributed by atoms with Crippen LogP contribution in [-0.4, -0.2) is 22.2 Å². The lowest BCUT2D eigenvalue weighted by molar-refractivity contribution is -0.136. The summed E-state index contributed by atoms with van der Waals surface area (Å²) in [6.45, 7) is 2.40. The van der Waals surface area contributed by atoms with Crippen LogP contribution in [-0.2, 0) is 16.1 Å². The number of aromatic nitrogens is 2. The predicted octanol–water partition coefficient (Wildman–Crippen LogP) is 4.34. The van der Waals surface area contributed by atoms with E-state index >= 15 is 0 Å². The minimum Gasteiger partial charge on any atom is -0.466 e. The van der Waals surface area contributed by atoms with Crippen molar-refractivity contribution in [3.63, 3.8) is 0 Å². The molecular formula is C30H22N4O3S2. The number of thiophene rings is 1. The van der Waals surface area contributed by atoms with Crippen molar-refractivity contribution in [2.45, 2.75) is 19.5 Å². The molecule has 0 bridgehead atoms. The maximum absolute atomic E-state index is 13.9.